The Kier molecular flexibility index (Phi) is 3.82. The number of Topliss-reactive ketones (excluding diaryl/α,β-unsaturated/α-hetero) is 1. The summed E-state index contributed by atoms with van der Waals surface area (Å²) in [4.78, 5) is 54.9. The van der Waals surface area contributed by atoms with Crippen molar-refractivity contribution in [3.8, 4) is 0 Å². The molecule has 38 heavy (non-hydrogen) atoms. The number of ether oxygens (including phenoxy) is 4. The van der Waals surface area contributed by atoms with E-state index in [2.05, 4.69) is 0 Å². The lowest BCUT2D eigenvalue weighted by molar-refractivity contribution is -0.348. The van der Waals surface area contributed by atoms with Gasteiger partial charge in [-0.1, -0.05) is 19.9 Å². The van der Waals surface area contributed by atoms with Gasteiger partial charge in [0, 0.05) is 5.92 Å². The van der Waals surface area contributed by atoms with Crippen LogP contribution in [-0.2, 0) is 38.1 Å². The highest BCUT2D eigenvalue weighted by Gasteiger charge is 2.92. The molecule has 0 aromatic rings. The minimum absolute atomic E-state index is 0.138. The molecule has 7 fully saturated rings. The van der Waals surface area contributed by atoms with Crippen molar-refractivity contribution in [3.63, 3.8) is 0 Å². The fourth-order valence-electron chi connectivity index (χ4n) is 10.4. The van der Waals surface area contributed by atoms with E-state index < -0.39 is 86.5 Å². The molecule has 10 nitrogen and oxygen atoms in total. The third-order valence-electron chi connectivity index (χ3n) is 12.7. The number of ketones is 2. The Morgan fingerprint density at radius 1 is 1.03 bits per heavy atom. The molecule has 5 unspecified atom stereocenters. The van der Waals surface area contributed by atoms with Gasteiger partial charge < -0.3 is 29.2 Å². The monoisotopic (exact) mass is 528 g/mol. The van der Waals surface area contributed by atoms with Gasteiger partial charge in [-0.2, -0.15) is 0 Å². The molecule has 0 radical (unpaired) electrons. The van der Waals surface area contributed by atoms with Gasteiger partial charge in [0.2, 0.25) is 5.79 Å². The van der Waals surface area contributed by atoms with Gasteiger partial charge in [-0.05, 0) is 63.4 Å². The van der Waals surface area contributed by atoms with Crippen LogP contribution in [0.25, 0.3) is 0 Å². The quantitative estimate of drug-likeness (QED) is 0.341. The molecular formula is C28H32O10. The molecule has 3 aliphatic carbocycles. The van der Waals surface area contributed by atoms with Crippen molar-refractivity contribution < 1.29 is 48.3 Å². The van der Waals surface area contributed by atoms with Crippen LogP contribution >= 0.6 is 0 Å². The van der Waals surface area contributed by atoms with Gasteiger partial charge in [-0.15, -0.1) is 0 Å². The zero-order valence-corrected chi connectivity index (χ0v) is 21.8. The molecule has 0 aromatic heterocycles. The molecule has 5 heterocycles. The average Bonchev–Trinajstić information content (AvgIpc) is 3.45. The predicted molar refractivity (Wildman–Crippen MR) is 124 cm³/mol. The molecule has 5 saturated heterocycles. The van der Waals surface area contributed by atoms with E-state index in [0.717, 1.165) is 0 Å². The van der Waals surface area contributed by atoms with Crippen molar-refractivity contribution in [1.82, 2.24) is 0 Å². The predicted octanol–water partition coefficient (Wildman–Crippen LogP) is 0.750. The highest BCUT2D eigenvalue weighted by atomic mass is 16.7. The van der Waals surface area contributed by atoms with E-state index in [1.165, 1.54) is 13.0 Å². The van der Waals surface area contributed by atoms with Gasteiger partial charge in [0.25, 0.3) is 0 Å². The molecule has 13 atom stereocenters. The second kappa shape index (κ2) is 6.11. The first-order valence-electron chi connectivity index (χ1n) is 13.7. The number of rotatable bonds is 0. The SMILES string of the molecule is C[C@H]1C(=O)O[C@@H]2C[C@@]1(C)C1C(=O)[C@]3(O)O[C@]14[C@@]2(C)OC(=O)[C@@]4(O)CCC1C3CC2OC23CC=CC(=O)[C@]13C. The van der Waals surface area contributed by atoms with Crippen LogP contribution in [0.5, 0.6) is 0 Å². The maximum absolute atomic E-state index is 14.7. The van der Waals surface area contributed by atoms with Gasteiger partial charge in [-0.3, -0.25) is 14.4 Å². The Hall–Kier alpha value is -2.14. The fraction of sp³-hybridized carbons (Fsp3) is 0.786. The first kappa shape index (κ1) is 23.7. The topological polar surface area (TPSA) is 149 Å². The average molecular weight is 529 g/mol. The second-order valence-corrected chi connectivity index (χ2v) is 13.7. The van der Waals surface area contributed by atoms with Crippen molar-refractivity contribution in [2.45, 2.75) is 100 Å². The third kappa shape index (κ3) is 1.95. The van der Waals surface area contributed by atoms with Crippen molar-refractivity contribution in [2.75, 3.05) is 0 Å². The van der Waals surface area contributed by atoms with Crippen LogP contribution in [-0.4, -0.2) is 74.1 Å². The Labute approximate surface area is 219 Å². The number of esters is 2. The summed E-state index contributed by atoms with van der Waals surface area (Å²) in [5, 5.41) is 24.8. The van der Waals surface area contributed by atoms with Crippen molar-refractivity contribution in [2.24, 2.45) is 34.5 Å². The molecule has 5 aliphatic heterocycles. The smallest absolute Gasteiger partial charge is 0.342 e. The first-order chi connectivity index (χ1) is 17.7. The zero-order valence-electron chi connectivity index (χ0n) is 21.8. The second-order valence-electron chi connectivity index (χ2n) is 13.7. The van der Waals surface area contributed by atoms with E-state index >= 15 is 0 Å². The number of carbonyl (C=O) groups is 4. The van der Waals surface area contributed by atoms with Crippen LogP contribution in [0.1, 0.15) is 59.8 Å². The van der Waals surface area contributed by atoms with Gasteiger partial charge in [0.1, 0.15) is 11.7 Å². The molecule has 0 amide bonds. The molecule has 8 aliphatic rings. The zero-order chi connectivity index (χ0) is 27.1. The van der Waals surface area contributed by atoms with Crippen LogP contribution in [0.4, 0.5) is 0 Å². The maximum Gasteiger partial charge on any atom is 0.342 e. The van der Waals surface area contributed by atoms with Crippen LogP contribution in [0.2, 0.25) is 0 Å². The van der Waals surface area contributed by atoms with E-state index in [1.54, 1.807) is 19.9 Å². The van der Waals surface area contributed by atoms with Gasteiger partial charge in [0.05, 0.1) is 23.4 Å². The summed E-state index contributed by atoms with van der Waals surface area (Å²) in [7, 11) is 0. The summed E-state index contributed by atoms with van der Waals surface area (Å²) in [5.74, 6) is -8.17. The van der Waals surface area contributed by atoms with E-state index in [4.69, 9.17) is 18.9 Å². The van der Waals surface area contributed by atoms with Crippen molar-refractivity contribution >= 4 is 23.5 Å². The molecule has 204 valence electrons. The molecule has 4 bridgehead atoms. The molecular weight excluding hydrogens is 496 g/mol. The summed E-state index contributed by atoms with van der Waals surface area (Å²) in [5.41, 5.74) is -8.89. The Morgan fingerprint density at radius 3 is 2.50 bits per heavy atom. The van der Waals surface area contributed by atoms with Gasteiger partial charge in [0.15, 0.2) is 28.4 Å². The van der Waals surface area contributed by atoms with Crippen molar-refractivity contribution in [3.05, 3.63) is 12.2 Å². The number of hydrogen-bond donors (Lipinski definition) is 2. The molecule has 2 saturated carbocycles. The fourth-order valence-corrected chi connectivity index (χ4v) is 10.4. The van der Waals surface area contributed by atoms with Crippen molar-refractivity contribution in [1.29, 1.82) is 0 Å². The molecule has 2 N–H and O–H groups in total. The van der Waals surface area contributed by atoms with E-state index in [1.807, 2.05) is 6.92 Å². The number of hydrogen-bond acceptors (Lipinski definition) is 10. The Balaban J connectivity index is 1.39. The molecule has 2 spiro atoms. The lowest BCUT2D eigenvalue weighted by atomic mass is 9.46. The number of allylic oxidation sites excluding steroid dienone is 1. The van der Waals surface area contributed by atoms with Crippen LogP contribution in [0.15, 0.2) is 12.2 Å². The van der Waals surface area contributed by atoms with Crippen LogP contribution < -0.4 is 0 Å². The van der Waals surface area contributed by atoms with Crippen LogP contribution in [0.3, 0.4) is 0 Å². The van der Waals surface area contributed by atoms with Gasteiger partial charge >= 0.3 is 11.9 Å². The summed E-state index contributed by atoms with van der Waals surface area (Å²) in [6.07, 6.45) is 3.09. The van der Waals surface area contributed by atoms with Gasteiger partial charge in [-0.25, -0.2) is 4.79 Å². The standard InChI is InChI=1S/C28H32O10/c1-12-20(31)35-17-11-22(12,2)18-19(30)27(34)14-10-16-26(36-16)8-5-6-15(29)23(26,3)13(14)7-9-25(33)21(32)37-24(17,4)28(18,25)38-27/h5-6,12-14,16-18,33-34H,7-11H2,1-4H3/t12-,13?,14?,16?,17+,18?,22+,23-,24-,25-,26?,27+,28-/m0/s1. The lowest BCUT2D eigenvalue weighted by Gasteiger charge is -2.61. The maximum atomic E-state index is 14.7. The summed E-state index contributed by atoms with van der Waals surface area (Å²) < 4.78 is 24.4. The highest BCUT2D eigenvalue weighted by molar-refractivity contribution is 6.00. The normalized spacial score (nSPS) is 63.0. The Morgan fingerprint density at radius 2 is 1.76 bits per heavy atom. The molecule has 10 heteroatoms. The minimum atomic E-state index is -2.43. The lowest BCUT2D eigenvalue weighted by Crippen LogP contribution is -2.78. The highest BCUT2D eigenvalue weighted by Crippen LogP contribution is 2.75. The van der Waals surface area contributed by atoms with E-state index in [0.29, 0.717) is 12.8 Å². The molecule has 0 aromatic carbocycles. The van der Waals surface area contributed by atoms with Crippen LogP contribution in [0, 0.1) is 34.5 Å². The number of carbonyl (C=O) groups excluding carboxylic acids is 4. The summed E-state index contributed by atoms with van der Waals surface area (Å²) in [6.45, 7) is 6.79. The largest absolute Gasteiger partial charge is 0.458 e. The number of fused-ring (bicyclic) bond motifs is 8. The minimum Gasteiger partial charge on any atom is -0.458 e. The summed E-state index contributed by atoms with van der Waals surface area (Å²) >= 11 is 0. The molecule has 8 rings (SSSR count). The number of epoxide rings is 1. The first-order valence-corrected chi connectivity index (χ1v) is 13.7. The van der Waals surface area contributed by atoms with E-state index in [-0.39, 0.29) is 31.1 Å². The van der Waals surface area contributed by atoms with E-state index in [9.17, 15) is 29.4 Å². The Bertz CT molecular complexity index is 1310. The third-order valence-corrected chi connectivity index (χ3v) is 12.7. The summed E-state index contributed by atoms with van der Waals surface area (Å²) in [6, 6.07) is 0. The number of aliphatic hydroxyl groups is 2.